The van der Waals surface area contributed by atoms with Crippen LogP contribution in [0.2, 0.25) is 5.02 Å². The van der Waals surface area contributed by atoms with Crippen molar-refractivity contribution in [1.82, 2.24) is 19.8 Å². The molecular weight excluding hydrogens is 482 g/mol. The average Bonchev–Trinajstić information content (AvgIpc) is 3.29. The fourth-order valence-electron chi connectivity index (χ4n) is 4.60. The Hall–Kier alpha value is -3.18. The number of nitrogens with zero attached hydrogens (tertiary/aromatic N) is 4. The largest absolute Gasteiger partial charge is 0.387 e. The maximum absolute atomic E-state index is 8.20. The van der Waals surface area contributed by atoms with Crippen molar-refractivity contribution >= 4 is 34.2 Å². The van der Waals surface area contributed by atoms with E-state index in [2.05, 4.69) is 56.9 Å². The fourth-order valence-corrected chi connectivity index (χ4v) is 4.76. The van der Waals surface area contributed by atoms with Crippen LogP contribution in [0.3, 0.4) is 0 Å². The summed E-state index contributed by atoms with van der Waals surface area (Å²) in [7, 11) is 2.18. The molecule has 2 aliphatic rings. The van der Waals surface area contributed by atoms with Crippen LogP contribution in [0.1, 0.15) is 43.2 Å². The number of halogens is 1. The van der Waals surface area contributed by atoms with Crippen LogP contribution >= 0.6 is 11.6 Å². The molecule has 0 radical (unpaired) electrons. The van der Waals surface area contributed by atoms with Crippen molar-refractivity contribution in [3.8, 4) is 23.2 Å². The van der Waals surface area contributed by atoms with Crippen molar-refractivity contribution in [3.63, 3.8) is 0 Å². The molecule has 1 saturated carbocycles. The summed E-state index contributed by atoms with van der Waals surface area (Å²) < 4.78 is 0. The number of aliphatic imine (C=N–C) groups is 1. The number of aromatic nitrogens is 2. The summed E-state index contributed by atoms with van der Waals surface area (Å²) in [6, 6.07) is 12.5. The minimum Gasteiger partial charge on any atom is -0.387 e. The highest BCUT2D eigenvalue weighted by Crippen LogP contribution is 2.26. The molecule has 1 aliphatic carbocycles. The third kappa shape index (κ3) is 6.58. The first-order valence-electron chi connectivity index (χ1n) is 13.0. The molecule has 0 unspecified atom stereocenters. The summed E-state index contributed by atoms with van der Waals surface area (Å²) >= 11 is 6.43. The second-order valence-corrected chi connectivity index (χ2v) is 10.6. The lowest BCUT2D eigenvalue weighted by Gasteiger charge is -2.32. The number of amidine groups is 1. The zero-order valence-electron chi connectivity index (χ0n) is 21.4. The number of nitrogens with two attached hydrogens (primary N) is 1. The van der Waals surface area contributed by atoms with Gasteiger partial charge in [-0.25, -0.2) is 4.98 Å². The van der Waals surface area contributed by atoms with Crippen molar-refractivity contribution in [1.29, 1.82) is 5.41 Å². The number of nitrogens with one attached hydrogen (secondary N) is 2. The first-order valence-corrected chi connectivity index (χ1v) is 13.4. The Bertz CT molecular complexity index is 1370. The Labute approximate surface area is 223 Å². The highest BCUT2D eigenvalue weighted by atomic mass is 35.5. The zero-order chi connectivity index (χ0) is 25.8. The summed E-state index contributed by atoms with van der Waals surface area (Å²) in [6.45, 7) is 5.36. The lowest BCUT2D eigenvalue weighted by Crippen LogP contribution is -2.43. The van der Waals surface area contributed by atoms with Gasteiger partial charge in [-0.15, -0.1) is 0 Å². The normalized spacial score (nSPS) is 17.4. The van der Waals surface area contributed by atoms with E-state index in [0.717, 1.165) is 68.0 Å². The van der Waals surface area contributed by atoms with Crippen LogP contribution in [0.25, 0.3) is 22.4 Å². The number of aromatic amines is 1. The van der Waals surface area contributed by atoms with Gasteiger partial charge in [-0.1, -0.05) is 23.6 Å². The van der Waals surface area contributed by atoms with Crippen LogP contribution in [0, 0.1) is 17.3 Å². The lowest BCUT2D eigenvalue weighted by molar-refractivity contribution is 0.148. The summed E-state index contributed by atoms with van der Waals surface area (Å²) in [5.41, 5.74) is 11.2. The van der Waals surface area contributed by atoms with Gasteiger partial charge in [0.25, 0.3) is 0 Å². The molecular formula is C29H34ClN7. The van der Waals surface area contributed by atoms with Crippen LogP contribution in [-0.4, -0.2) is 70.6 Å². The van der Waals surface area contributed by atoms with E-state index in [0.29, 0.717) is 41.0 Å². The van der Waals surface area contributed by atoms with Crippen LogP contribution in [-0.2, 0) is 6.54 Å². The predicted molar refractivity (Wildman–Crippen MR) is 152 cm³/mol. The van der Waals surface area contributed by atoms with Gasteiger partial charge in [0.15, 0.2) is 0 Å². The van der Waals surface area contributed by atoms with Crippen LogP contribution < -0.4 is 5.73 Å². The molecule has 7 nitrogen and oxygen atoms in total. The fraction of sp³-hybridized carbons (Fsp3) is 0.414. The zero-order valence-corrected chi connectivity index (χ0v) is 22.1. The van der Waals surface area contributed by atoms with Crippen molar-refractivity contribution in [2.45, 2.75) is 44.7 Å². The molecule has 0 amide bonds. The monoisotopic (exact) mass is 515 g/mol. The molecule has 1 aliphatic heterocycles. The van der Waals surface area contributed by atoms with Crippen molar-refractivity contribution in [3.05, 3.63) is 52.5 Å². The average molecular weight is 516 g/mol. The Morgan fingerprint density at radius 2 is 1.97 bits per heavy atom. The molecule has 0 spiro atoms. The van der Waals surface area contributed by atoms with Gasteiger partial charge < -0.3 is 15.6 Å². The lowest BCUT2D eigenvalue weighted by atomic mass is 9.94. The third-order valence-electron chi connectivity index (χ3n) is 7.19. The van der Waals surface area contributed by atoms with Gasteiger partial charge in [-0.05, 0) is 68.1 Å². The Kier molecular flexibility index (Phi) is 7.90. The highest BCUT2D eigenvalue weighted by molar-refractivity contribution is 6.31. The van der Waals surface area contributed by atoms with E-state index in [1.807, 2.05) is 18.2 Å². The van der Waals surface area contributed by atoms with Gasteiger partial charge in [-0.2, -0.15) is 0 Å². The quantitative estimate of drug-likeness (QED) is 0.241. The summed E-state index contributed by atoms with van der Waals surface area (Å²) in [4.78, 5) is 17.6. The maximum Gasteiger partial charge on any atom is 0.138 e. The van der Waals surface area contributed by atoms with Gasteiger partial charge >= 0.3 is 0 Å². The number of hydrogen-bond donors (Lipinski definition) is 3. The number of piperazine rings is 1. The van der Waals surface area contributed by atoms with E-state index < -0.39 is 0 Å². The molecule has 0 bridgehead atoms. The van der Waals surface area contributed by atoms with E-state index >= 15 is 0 Å². The number of likely N-dealkylation sites (N-methyl/N-ethyl adjacent to an activating group) is 1. The topological polar surface area (TPSA) is 97.4 Å². The number of imidazole rings is 1. The van der Waals surface area contributed by atoms with E-state index in [1.54, 1.807) is 0 Å². The van der Waals surface area contributed by atoms with E-state index in [9.17, 15) is 0 Å². The molecule has 5 rings (SSSR count). The van der Waals surface area contributed by atoms with Gasteiger partial charge in [0, 0.05) is 56.7 Å². The van der Waals surface area contributed by atoms with E-state index in [1.165, 1.54) is 12.0 Å². The molecule has 4 N–H and O–H groups in total. The standard InChI is InChI=1S/C29H34ClN7/c1-36-13-15-37(16-14-36)19-20-5-11-26-27(17-20)35-29(34-26)22-7-10-25(30)21(18-22)6-8-23(31)9-12-28(32)33-24-3-2-4-24/h5,7,10-11,17-18,24,31H,2-4,9,12-16,19H2,1H3,(H2,32,33)(H,34,35). The molecule has 3 aromatic rings. The SMILES string of the molecule is CN1CCN(Cc2ccc3nc(-c4ccc(Cl)c(C#CC(=N)CCC(N)=NC5CCC5)c4)[nH]c3c2)CC1. The molecule has 37 heavy (non-hydrogen) atoms. The molecule has 1 aromatic heterocycles. The maximum atomic E-state index is 8.20. The van der Waals surface area contributed by atoms with Crippen LogP contribution in [0.4, 0.5) is 0 Å². The number of rotatable bonds is 7. The van der Waals surface area contributed by atoms with Gasteiger partial charge in [-0.3, -0.25) is 15.3 Å². The van der Waals surface area contributed by atoms with Crippen LogP contribution in [0.5, 0.6) is 0 Å². The van der Waals surface area contributed by atoms with Gasteiger partial charge in [0.2, 0.25) is 0 Å². The molecule has 192 valence electrons. The Morgan fingerprint density at radius 1 is 1.16 bits per heavy atom. The summed E-state index contributed by atoms with van der Waals surface area (Å²) in [5, 5.41) is 8.76. The Balaban J connectivity index is 1.26. The van der Waals surface area contributed by atoms with E-state index in [-0.39, 0.29) is 0 Å². The number of H-pyrrole nitrogens is 1. The minimum atomic E-state index is 0.324. The second kappa shape index (κ2) is 11.5. The number of fused-ring (bicyclic) bond motifs is 1. The number of hydrogen-bond acceptors (Lipinski definition) is 5. The molecule has 2 aromatic carbocycles. The summed E-state index contributed by atoms with van der Waals surface area (Å²) in [5.74, 6) is 7.39. The van der Waals surface area contributed by atoms with Gasteiger partial charge in [0.05, 0.1) is 33.6 Å². The van der Waals surface area contributed by atoms with E-state index in [4.69, 9.17) is 27.7 Å². The molecule has 8 heteroatoms. The van der Waals surface area contributed by atoms with Crippen molar-refractivity contribution in [2.75, 3.05) is 33.2 Å². The van der Waals surface area contributed by atoms with Gasteiger partial charge in [0.1, 0.15) is 5.82 Å². The highest BCUT2D eigenvalue weighted by Gasteiger charge is 2.16. The molecule has 2 heterocycles. The molecule has 2 fully saturated rings. The van der Waals surface area contributed by atoms with Crippen molar-refractivity contribution in [2.24, 2.45) is 10.7 Å². The summed E-state index contributed by atoms with van der Waals surface area (Å²) in [6.07, 6.45) is 4.51. The minimum absolute atomic E-state index is 0.324. The predicted octanol–water partition coefficient (Wildman–Crippen LogP) is 4.69. The second-order valence-electron chi connectivity index (χ2n) is 10.1. The van der Waals surface area contributed by atoms with Crippen molar-refractivity contribution < 1.29 is 0 Å². The third-order valence-corrected chi connectivity index (χ3v) is 7.52. The first-order chi connectivity index (χ1) is 17.9. The number of benzene rings is 2. The molecule has 0 atom stereocenters. The smallest absolute Gasteiger partial charge is 0.138 e. The Morgan fingerprint density at radius 3 is 2.73 bits per heavy atom. The first kappa shape index (κ1) is 25.5. The van der Waals surface area contributed by atoms with Crippen LogP contribution in [0.15, 0.2) is 41.4 Å². The molecule has 1 saturated heterocycles.